The molecule has 1 amide bonds. The zero-order chi connectivity index (χ0) is 18.6. The Hall–Kier alpha value is -3.74. The van der Waals surface area contributed by atoms with Crippen LogP contribution in [0, 0.1) is 6.92 Å². The summed E-state index contributed by atoms with van der Waals surface area (Å²) < 4.78 is 5.18. The van der Waals surface area contributed by atoms with Gasteiger partial charge >= 0.3 is 0 Å². The van der Waals surface area contributed by atoms with Crippen molar-refractivity contribution in [2.45, 2.75) is 13.3 Å². The standard InChI is InChI=1S/C20H17N5O2/c1-13-21-19(27-25-13)11-15-9-5-6-10-16(15)22-20(26)18-12-17(23-24-18)14-7-3-2-4-8-14/h2-10,12H,11H2,1H3,(H,22,26)(H,23,24). The van der Waals surface area contributed by atoms with Crippen LogP contribution in [0.25, 0.3) is 11.3 Å². The molecular formula is C20H17N5O2. The molecule has 27 heavy (non-hydrogen) atoms. The number of aromatic nitrogens is 4. The number of hydrogen-bond acceptors (Lipinski definition) is 5. The molecule has 0 bridgehead atoms. The Balaban J connectivity index is 1.53. The largest absolute Gasteiger partial charge is 0.339 e. The maximum Gasteiger partial charge on any atom is 0.273 e. The molecule has 0 spiro atoms. The first-order chi connectivity index (χ1) is 13.2. The lowest BCUT2D eigenvalue weighted by molar-refractivity contribution is 0.102. The molecule has 0 radical (unpaired) electrons. The van der Waals surface area contributed by atoms with E-state index >= 15 is 0 Å². The van der Waals surface area contributed by atoms with Gasteiger partial charge < -0.3 is 9.84 Å². The molecule has 0 aliphatic carbocycles. The highest BCUT2D eigenvalue weighted by molar-refractivity contribution is 6.03. The predicted molar refractivity (Wildman–Crippen MR) is 100 cm³/mol. The Labute approximate surface area is 155 Å². The highest BCUT2D eigenvalue weighted by Gasteiger charge is 2.14. The molecule has 0 atom stereocenters. The Bertz CT molecular complexity index is 1070. The average Bonchev–Trinajstić information content (AvgIpc) is 3.33. The quantitative estimate of drug-likeness (QED) is 0.567. The van der Waals surface area contributed by atoms with Crippen LogP contribution in [0.4, 0.5) is 5.69 Å². The summed E-state index contributed by atoms with van der Waals surface area (Å²) in [4.78, 5) is 16.8. The third-order valence-electron chi connectivity index (χ3n) is 4.07. The second-order valence-electron chi connectivity index (χ2n) is 6.06. The van der Waals surface area contributed by atoms with E-state index in [2.05, 4.69) is 25.7 Å². The summed E-state index contributed by atoms with van der Waals surface area (Å²) >= 11 is 0. The number of carbonyl (C=O) groups is 1. The van der Waals surface area contributed by atoms with Crippen molar-refractivity contribution in [3.05, 3.63) is 83.6 Å². The fourth-order valence-electron chi connectivity index (χ4n) is 2.76. The summed E-state index contributed by atoms with van der Waals surface area (Å²) in [6.07, 6.45) is 0.440. The number of carbonyl (C=O) groups excluding carboxylic acids is 1. The molecule has 0 saturated carbocycles. The van der Waals surface area contributed by atoms with Crippen LogP contribution in [-0.2, 0) is 6.42 Å². The van der Waals surface area contributed by atoms with Crippen LogP contribution in [0.5, 0.6) is 0 Å². The fourth-order valence-corrected chi connectivity index (χ4v) is 2.76. The van der Waals surface area contributed by atoms with Crippen LogP contribution in [0.2, 0.25) is 0 Å². The van der Waals surface area contributed by atoms with Gasteiger partial charge in [-0.25, -0.2) is 0 Å². The molecule has 0 aliphatic heterocycles. The summed E-state index contributed by atoms with van der Waals surface area (Å²) in [6.45, 7) is 1.77. The molecule has 0 fully saturated rings. The SMILES string of the molecule is Cc1noc(Cc2ccccc2NC(=O)c2cc(-c3ccccc3)n[nH]2)n1. The molecule has 2 aromatic carbocycles. The molecule has 7 nitrogen and oxygen atoms in total. The predicted octanol–water partition coefficient (Wildman–Crippen LogP) is 3.61. The number of H-pyrrole nitrogens is 1. The molecule has 2 N–H and O–H groups in total. The lowest BCUT2D eigenvalue weighted by Crippen LogP contribution is -2.14. The molecule has 7 heteroatoms. The number of amides is 1. The van der Waals surface area contributed by atoms with Gasteiger partial charge in [0.15, 0.2) is 5.82 Å². The zero-order valence-corrected chi connectivity index (χ0v) is 14.6. The summed E-state index contributed by atoms with van der Waals surface area (Å²) in [5, 5.41) is 13.7. The van der Waals surface area contributed by atoms with Crippen molar-refractivity contribution in [1.29, 1.82) is 0 Å². The Morgan fingerprint density at radius 1 is 1.11 bits per heavy atom. The van der Waals surface area contributed by atoms with Crippen molar-refractivity contribution in [3.63, 3.8) is 0 Å². The summed E-state index contributed by atoms with van der Waals surface area (Å²) in [7, 11) is 0. The number of rotatable bonds is 5. The number of benzene rings is 2. The van der Waals surface area contributed by atoms with E-state index in [1.165, 1.54) is 0 Å². The van der Waals surface area contributed by atoms with Crippen molar-refractivity contribution in [2.75, 3.05) is 5.32 Å². The summed E-state index contributed by atoms with van der Waals surface area (Å²) in [6, 6.07) is 18.9. The third-order valence-corrected chi connectivity index (χ3v) is 4.07. The van der Waals surface area contributed by atoms with Crippen LogP contribution in [0.3, 0.4) is 0 Å². The van der Waals surface area contributed by atoms with E-state index in [-0.39, 0.29) is 5.91 Å². The van der Waals surface area contributed by atoms with E-state index < -0.39 is 0 Å². The highest BCUT2D eigenvalue weighted by atomic mass is 16.5. The van der Waals surface area contributed by atoms with Crippen molar-refractivity contribution in [2.24, 2.45) is 0 Å². The van der Waals surface area contributed by atoms with Gasteiger partial charge in [-0.15, -0.1) is 0 Å². The van der Waals surface area contributed by atoms with E-state index in [0.29, 0.717) is 29.5 Å². The number of anilines is 1. The van der Waals surface area contributed by atoms with E-state index in [0.717, 1.165) is 16.8 Å². The van der Waals surface area contributed by atoms with E-state index in [9.17, 15) is 4.79 Å². The normalized spacial score (nSPS) is 10.7. The van der Waals surface area contributed by atoms with Gasteiger partial charge in [0.1, 0.15) is 5.69 Å². The van der Waals surface area contributed by atoms with Crippen LogP contribution in [0.15, 0.2) is 65.2 Å². The molecule has 2 heterocycles. The average molecular weight is 359 g/mol. The van der Waals surface area contributed by atoms with E-state index in [1.54, 1.807) is 13.0 Å². The first-order valence-electron chi connectivity index (χ1n) is 8.48. The number of para-hydroxylation sites is 1. The van der Waals surface area contributed by atoms with Crippen molar-refractivity contribution >= 4 is 11.6 Å². The van der Waals surface area contributed by atoms with Gasteiger partial charge in [0.25, 0.3) is 5.91 Å². The van der Waals surface area contributed by atoms with Crippen LogP contribution in [-0.4, -0.2) is 26.2 Å². The topological polar surface area (TPSA) is 96.7 Å². The molecule has 4 rings (SSSR count). The molecule has 0 saturated heterocycles. The number of nitrogens with zero attached hydrogens (tertiary/aromatic N) is 3. The van der Waals surface area contributed by atoms with Gasteiger partial charge in [-0.2, -0.15) is 10.1 Å². The van der Waals surface area contributed by atoms with Crippen LogP contribution in [0.1, 0.15) is 27.8 Å². The van der Waals surface area contributed by atoms with Crippen LogP contribution < -0.4 is 5.32 Å². The lowest BCUT2D eigenvalue weighted by atomic mass is 10.1. The van der Waals surface area contributed by atoms with Gasteiger partial charge in [0, 0.05) is 11.3 Å². The number of aryl methyl sites for hydroxylation is 1. The van der Waals surface area contributed by atoms with Crippen molar-refractivity contribution < 1.29 is 9.32 Å². The maximum absolute atomic E-state index is 12.6. The molecule has 134 valence electrons. The first-order valence-corrected chi connectivity index (χ1v) is 8.48. The van der Waals surface area contributed by atoms with E-state index in [4.69, 9.17) is 4.52 Å². The lowest BCUT2D eigenvalue weighted by Gasteiger charge is -2.08. The zero-order valence-electron chi connectivity index (χ0n) is 14.6. The first kappa shape index (κ1) is 16.7. The van der Waals surface area contributed by atoms with Crippen molar-refractivity contribution in [3.8, 4) is 11.3 Å². The third kappa shape index (κ3) is 3.77. The molecule has 2 aromatic heterocycles. The molecule has 0 aliphatic rings. The number of aromatic amines is 1. The second kappa shape index (κ2) is 7.25. The van der Waals surface area contributed by atoms with Gasteiger partial charge in [-0.1, -0.05) is 53.7 Å². The number of nitrogens with one attached hydrogen (secondary N) is 2. The van der Waals surface area contributed by atoms with Gasteiger partial charge in [-0.05, 0) is 24.6 Å². The van der Waals surface area contributed by atoms with E-state index in [1.807, 2.05) is 54.6 Å². The smallest absolute Gasteiger partial charge is 0.273 e. The minimum absolute atomic E-state index is 0.265. The highest BCUT2D eigenvalue weighted by Crippen LogP contribution is 2.21. The monoisotopic (exact) mass is 359 g/mol. The van der Waals surface area contributed by atoms with Gasteiger partial charge in [-0.3, -0.25) is 9.89 Å². The minimum atomic E-state index is -0.265. The maximum atomic E-state index is 12.6. The Kier molecular flexibility index (Phi) is 4.49. The van der Waals surface area contributed by atoms with Crippen molar-refractivity contribution in [1.82, 2.24) is 20.3 Å². The number of hydrogen-bond donors (Lipinski definition) is 2. The fraction of sp³-hybridized carbons (Fsp3) is 0.100. The van der Waals surface area contributed by atoms with Gasteiger partial charge in [0.05, 0.1) is 12.1 Å². The summed E-state index contributed by atoms with van der Waals surface area (Å²) in [5.74, 6) is 0.818. The Morgan fingerprint density at radius 2 is 1.89 bits per heavy atom. The minimum Gasteiger partial charge on any atom is -0.339 e. The molecule has 0 unspecified atom stereocenters. The second-order valence-corrected chi connectivity index (χ2v) is 6.06. The molecular weight excluding hydrogens is 342 g/mol. The Morgan fingerprint density at radius 3 is 2.67 bits per heavy atom. The summed E-state index contributed by atoms with van der Waals surface area (Å²) in [5.41, 5.74) is 3.62. The molecule has 4 aromatic rings. The van der Waals surface area contributed by atoms with Crippen LogP contribution >= 0.6 is 0 Å². The van der Waals surface area contributed by atoms with Gasteiger partial charge in [0.2, 0.25) is 5.89 Å².